The average molecular weight is 270 g/mol. The molecule has 0 fully saturated rings. The Balaban J connectivity index is 2.35. The van der Waals surface area contributed by atoms with E-state index in [1.807, 2.05) is 37.3 Å². The number of hydrogen-bond donors (Lipinski definition) is 0. The number of ketones is 1. The number of allylic oxidation sites excluding steroid dienone is 2. The van der Waals surface area contributed by atoms with Gasteiger partial charge in [0.2, 0.25) is 0 Å². The topological polar surface area (TPSA) is 26.3 Å². The Bertz CT molecular complexity index is 579. The van der Waals surface area contributed by atoms with Crippen molar-refractivity contribution in [1.82, 2.24) is 0 Å². The average Bonchev–Trinajstić information content (AvgIpc) is 2.70. The Labute approximate surface area is 121 Å². The van der Waals surface area contributed by atoms with Crippen LogP contribution >= 0.6 is 0 Å². The van der Waals surface area contributed by atoms with E-state index in [2.05, 4.69) is 20.8 Å². The molecule has 0 heterocycles. The molecule has 0 saturated heterocycles. The Morgan fingerprint density at radius 1 is 1.10 bits per heavy atom. The van der Waals surface area contributed by atoms with Crippen LogP contribution in [0.4, 0.5) is 0 Å². The van der Waals surface area contributed by atoms with Crippen molar-refractivity contribution in [3.05, 3.63) is 58.2 Å². The van der Waals surface area contributed by atoms with Crippen LogP contribution in [0.25, 0.3) is 0 Å². The molecule has 1 aliphatic rings. The van der Waals surface area contributed by atoms with Gasteiger partial charge in [-0.2, -0.15) is 0 Å². The lowest BCUT2D eigenvalue weighted by atomic mass is 9.87. The molecule has 2 unspecified atom stereocenters. The van der Waals surface area contributed by atoms with Crippen LogP contribution in [0.5, 0.6) is 0 Å². The van der Waals surface area contributed by atoms with E-state index >= 15 is 0 Å². The van der Waals surface area contributed by atoms with Gasteiger partial charge in [0.1, 0.15) is 6.10 Å². The van der Waals surface area contributed by atoms with Crippen molar-refractivity contribution in [1.29, 1.82) is 0 Å². The van der Waals surface area contributed by atoms with Gasteiger partial charge in [-0.1, -0.05) is 37.3 Å². The predicted molar refractivity (Wildman–Crippen MR) is 81.8 cm³/mol. The first-order chi connectivity index (χ1) is 9.49. The van der Waals surface area contributed by atoms with Gasteiger partial charge in [-0.25, -0.2) is 0 Å². The third-order valence-corrected chi connectivity index (χ3v) is 4.42. The van der Waals surface area contributed by atoms with Crippen LogP contribution in [0.3, 0.4) is 0 Å². The zero-order valence-corrected chi connectivity index (χ0v) is 12.9. The molecule has 2 nitrogen and oxygen atoms in total. The van der Waals surface area contributed by atoms with Gasteiger partial charge >= 0.3 is 0 Å². The lowest BCUT2D eigenvalue weighted by Crippen LogP contribution is -2.23. The van der Waals surface area contributed by atoms with Crippen LogP contribution in [0.15, 0.2) is 52.6 Å². The van der Waals surface area contributed by atoms with Crippen LogP contribution in [0.1, 0.15) is 38.1 Å². The molecule has 0 aliphatic heterocycles. The molecule has 0 saturated carbocycles. The first kappa shape index (κ1) is 14.7. The van der Waals surface area contributed by atoms with Gasteiger partial charge < -0.3 is 4.74 Å². The van der Waals surface area contributed by atoms with E-state index in [0.29, 0.717) is 0 Å². The summed E-state index contributed by atoms with van der Waals surface area (Å²) in [5, 5.41) is 0. The summed E-state index contributed by atoms with van der Waals surface area (Å²) in [4.78, 5) is 12.6. The highest BCUT2D eigenvalue weighted by Crippen LogP contribution is 2.38. The first-order valence-electron chi connectivity index (χ1n) is 6.99. The number of hydrogen-bond acceptors (Lipinski definition) is 2. The van der Waals surface area contributed by atoms with E-state index in [1.165, 1.54) is 16.7 Å². The number of carbonyl (C=O) groups excluding carboxylic acids is 1. The lowest BCUT2D eigenvalue weighted by Gasteiger charge is -2.21. The first-order valence-corrected chi connectivity index (χ1v) is 6.99. The number of ether oxygens (including phenoxy) is 1. The molecule has 1 aliphatic carbocycles. The van der Waals surface area contributed by atoms with Crippen molar-refractivity contribution < 1.29 is 9.53 Å². The summed E-state index contributed by atoms with van der Waals surface area (Å²) >= 11 is 0. The fraction of sp³-hybridized carbons (Fsp3) is 0.389. The van der Waals surface area contributed by atoms with Crippen LogP contribution in [0.2, 0.25) is 0 Å². The number of carbonyl (C=O) groups is 1. The summed E-state index contributed by atoms with van der Waals surface area (Å²) in [5.41, 5.74) is 5.53. The molecule has 0 radical (unpaired) electrons. The van der Waals surface area contributed by atoms with Gasteiger partial charge in [0.05, 0.1) is 0 Å². The molecule has 0 spiro atoms. The summed E-state index contributed by atoms with van der Waals surface area (Å²) in [7, 11) is 1.71. The van der Waals surface area contributed by atoms with E-state index in [-0.39, 0.29) is 17.8 Å². The highest BCUT2D eigenvalue weighted by atomic mass is 16.5. The fourth-order valence-electron chi connectivity index (χ4n) is 2.99. The molecule has 2 rings (SSSR count). The second-order valence-electron chi connectivity index (χ2n) is 5.46. The highest BCUT2D eigenvalue weighted by molar-refractivity contribution is 5.99. The van der Waals surface area contributed by atoms with Crippen LogP contribution in [0, 0.1) is 5.92 Å². The molecule has 0 N–H and O–H groups in total. The second kappa shape index (κ2) is 5.76. The molecule has 2 heteroatoms. The molecular weight excluding hydrogens is 248 g/mol. The number of Topliss-reactive ketones (excluding diaryl/α,β-unsaturated/α-hetero) is 1. The number of methoxy groups -OCH3 is 1. The Hall–Kier alpha value is -1.67. The highest BCUT2D eigenvalue weighted by Gasteiger charge is 2.33. The maximum atomic E-state index is 12.6. The third-order valence-electron chi connectivity index (χ3n) is 4.42. The minimum atomic E-state index is -0.158. The van der Waals surface area contributed by atoms with E-state index in [9.17, 15) is 4.79 Å². The SMILES string of the molecule is COC1C(C)=C(C)C(C)=C1C(C)C(=O)c1ccccc1. The molecule has 1 aromatic carbocycles. The van der Waals surface area contributed by atoms with Crippen molar-refractivity contribution >= 4 is 5.78 Å². The molecule has 2 atom stereocenters. The Morgan fingerprint density at radius 2 is 1.70 bits per heavy atom. The van der Waals surface area contributed by atoms with Crippen LogP contribution < -0.4 is 0 Å². The second-order valence-corrected chi connectivity index (χ2v) is 5.46. The molecule has 20 heavy (non-hydrogen) atoms. The van der Waals surface area contributed by atoms with Crippen LogP contribution in [-0.2, 0) is 4.74 Å². The van der Waals surface area contributed by atoms with E-state index in [1.54, 1.807) is 7.11 Å². The standard InChI is InChI=1S/C18H22O2/c1-11-12(2)16(18(20-5)13(11)3)14(4)17(19)15-9-7-6-8-10-15/h6-10,14,18H,1-5H3. The molecule has 0 aromatic heterocycles. The zero-order chi connectivity index (χ0) is 14.9. The minimum absolute atomic E-state index is 0.0577. The fourth-order valence-corrected chi connectivity index (χ4v) is 2.99. The van der Waals surface area contributed by atoms with Gasteiger partial charge in [0.15, 0.2) is 5.78 Å². The smallest absolute Gasteiger partial charge is 0.169 e. The quantitative estimate of drug-likeness (QED) is 0.767. The lowest BCUT2D eigenvalue weighted by molar-refractivity contribution is 0.0918. The molecule has 1 aromatic rings. The molecule has 0 bridgehead atoms. The van der Waals surface area contributed by atoms with Crippen molar-refractivity contribution in [2.45, 2.75) is 33.8 Å². The molecule has 106 valence electrons. The third kappa shape index (κ3) is 2.36. The van der Waals surface area contributed by atoms with Crippen molar-refractivity contribution in [2.75, 3.05) is 7.11 Å². The van der Waals surface area contributed by atoms with Crippen molar-refractivity contribution in [3.8, 4) is 0 Å². The largest absolute Gasteiger partial charge is 0.373 e. The van der Waals surface area contributed by atoms with Gasteiger partial charge in [0.25, 0.3) is 0 Å². The van der Waals surface area contributed by atoms with Gasteiger partial charge in [0, 0.05) is 18.6 Å². The van der Waals surface area contributed by atoms with Crippen molar-refractivity contribution in [2.24, 2.45) is 5.92 Å². The summed E-state index contributed by atoms with van der Waals surface area (Å²) in [6, 6.07) is 9.48. The normalized spacial score (nSPS) is 20.6. The number of rotatable bonds is 4. The van der Waals surface area contributed by atoms with Gasteiger partial charge in [-0.05, 0) is 43.1 Å². The zero-order valence-electron chi connectivity index (χ0n) is 12.9. The predicted octanol–water partition coefficient (Wildman–Crippen LogP) is 4.19. The summed E-state index contributed by atoms with van der Waals surface area (Å²) in [6.07, 6.45) is -0.0577. The Kier molecular flexibility index (Phi) is 4.24. The number of benzene rings is 1. The summed E-state index contributed by atoms with van der Waals surface area (Å²) in [5.74, 6) is -0.000694. The monoisotopic (exact) mass is 270 g/mol. The minimum Gasteiger partial charge on any atom is -0.373 e. The molecule has 0 amide bonds. The maximum absolute atomic E-state index is 12.6. The Morgan fingerprint density at radius 3 is 2.25 bits per heavy atom. The maximum Gasteiger partial charge on any atom is 0.169 e. The summed E-state index contributed by atoms with van der Waals surface area (Å²) < 4.78 is 5.62. The summed E-state index contributed by atoms with van der Waals surface area (Å²) in [6.45, 7) is 8.25. The van der Waals surface area contributed by atoms with Gasteiger partial charge in [-0.15, -0.1) is 0 Å². The van der Waals surface area contributed by atoms with Gasteiger partial charge in [-0.3, -0.25) is 4.79 Å². The van der Waals surface area contributed by atoms with E-state index in [4.69, 9.17) is 4.74 Å². The van der Waals surface area contributed by atoms with E-state index < -0.39 is 0 Å². The van der Waals surface area contributed by atoms with Crippen LogP contribution in [-0.4, -0.2) is 19.0 Å². The molecular formula is C18H22O2. The van der Waals surface area contributed by atoms with E-state index in [0.717, 1.165) is 11.1 Å². The van der Waals surface area contributed by atoms with Crippen molar-refractivity contribution in [3.63, 3.8) is 0 Å².